The average molecular weight is 390 g/mol. The molecule has 4 rings (SSSR count). The Labute approximate surface area is 168 Å². The molecule has 148 valence electrons. The molecule has 3 aromatic carbocycles. The highest BCUT2D eigenvalue weighted by Crippen LogP contribution is 2.29. The second-order valence-corrected chi connectivity index (χ2v) is 7.21. The van der Waals surface area contributed by atoms with Crippen molar-refractivity contribution >= 4 is 28.3 Å². The molecule has 29 heavy (non-hydrogen) atoms. The lowest BCUT2D eigenvalue weighted by molar-refractivity contribution is -0.123. The maximum absolute atomic E-state index is 13.2. The standard InChI is InChI=1S/C23H22N2O4/c1-25(18-8-10-19(26)11-9-18)23(28)20-12-15-4-2-3-5-16(15)13-21(20)29-14-22(27)24-17-6-7-17/h2-5,8-13,17,26H,6-7,14H2,1H3,(H,24,27). The fourth-order valence-electron chi connectivity index (χ4n) is 3.12. The van der Waals surface area contributed by atoms with E-state index in [4.69, 9.17) is 4.74 Å². The average Bonchev–Trinajstić information content (AvgIpc) is 3.55. The summed E-state index contributed by atoms with van der Waals surface area (Å²) in [7, 11) is 1.66. The molecule has 0 aromatic heterocycles. The van der Waals surface area contributed by atoms with Crippen LogP contribution in [0.5, 0.6) is 11.5 Å². The van der Waals surface area contributed by atoms with Crippen LogP contribution in [0.3, 0.4) is 0 Å². The molecule has 0 radical (unpaired) electrons. The van der Waals surface area contributed by atoms with Gasteiger partial charge in [-0.3, -0.25) is 9.59 Å². The number of phenols is 1. The van der Waals surface area contributed by atoms with Gasteiger partial charge in [0.15, 0.2) is 6.61 Å². The van der Waals surface area contributed by atoms with Gasteiger partial charge in [0.05, 0.1) is 5.56 Å². The Morgan fingerprint density at radius 2 is 1.72 bits per heavy atom. The largest absolute Gasteiger partial charge is 0.508 e. The van der Waals surface area contributed by atoms with E-state index in [0.717, 1.165) is 23.6 Å². The molecular formula is C23H22N2O4. The van der Waals surface area contributed by atoms with Crippen LogP contribution in [0, 0.1) is 0 Å². The van der Waals surface area contributed by atoms with Gasteiger partial charge in [-0.2, -0.15) is 0 Å². The van der Waals surface area contributed by atoms with E-state index in [1.165, 1.54) is 17.0 Å². The maximum atomic E-state index is 13.2. The smallest absolute Gasteiger partial charge is 0.261 e. The van der Waals surface area contributed by atoms with Crippen molar-refractivity contribution in [3.05, 3.63) is 66.2 Å². The summed E-state index contributed by atoms with van der Waals surface area (Å²) < 4.78 is 5.76. The first-order chi connectivity index (χ1) is 14.0. The SMILES string of the molecule is CN(C(=O)c1cc2ccccc2cc1OCC(=O)NC1CC1)c1ccc(O)cc1. The number of ether oxygens (including phenoxy) is 1. The van der Waals surface area contributed by atoms with Gasteiger partial charge in [0.2, 0.25) is 0 Å². The van der Waals surface area contributed by atoms with Gasteiger partial charge in [-0.05, 0) is 60.0 Å². The quantitative estimate of drug-likeness (QED) is 0.675. The van der Waals surface area contributed by atoms with Gasteiger partial charge in [0.25, 0.3) is 11.8 Å². The zero-order chi connectivity index (χ0) is 20.4. The summed E-state index contributed by atoms with van der Waals surface area (Å²) in [5.74, 6) is 0.0428. The Hall–Kier alpha value is -3.54. The Morgan fingerprint density at radius 3 is 2.38 bits per heavy atom. The van der Waals surface area contributed by atoms with Gasteiger partial charge in [0, 0.05) is 18.8 Å². The molecule has 0 saturated heterocycles. The molecule has 0 aliphatic heterocycles. The van der Waals surface area contributed by atoms with Gasteiger partial charge in [-0.1, -0.05) is 24.3 Å². The summed E-state index contributed by atoms with van der Waals surface area (Å²) in [6.07, 6.45) is 2.01. The number of amides is 2. The topological polar surface area (TPSA) is 78.9 Å². The Morgan fingerprint density at radius 1 is 1.07 bits per heavy atom. The van der Waals surface area contributed by atoms with Crippen LogP contribution in [0.4, 0.5) is 5.69 Å². The molecule has 0 unspecified atom stereocenters. The number of hydrogen-bond acceptors (Lipinski definition) is 4. The number of nitrogens with zero attached hydrogens (tertiary/aromatic N) is 1. The van der Waals surface area contributed by atoms with E-state index in [9.17, 15) is 14.7 Å². The molecule has 0 bridgehead atoms. The first-order valence-corrected chi connectivity index (χ1v) is 9.53. The van der Waals surface area contributed by atoms with Crippen molar-refractivity contribution in [2.24, 2.45) is 0 Å². The molecule has 6 heteroatoms. The number of nitrogens with one attached hydrogen (secondary N) is 1. The first-order valence-electron chi connectivity index (χ1n) is 9.53. The predicted octanol–water partition coefficient (Wildman–Crippen LogP) is 3.48. The number of aromatic hydroxyl groups is 1. The Balaban J connectivity index is 1.63. The number of carbonyl (C=O) groups is 2. The number of rotatable bonds is 6. The summed E-state index contributed by atoms with van der Waals surface area (Å²) in [6, 6.07) is 17.9. The second-order valence-electron chi connectivity index (χ2n) is 7.21. The van der Waals surface area contributed by atoms with E-state index >= 15 is 0 Å². The van der Waals surface area contributed by atoms with Gasteiger partial charge in [-0.15, -0.1) is 0 Å². The third-order valence-electron chi connectivity index (χ3n) is 4.92. The fourth-order valence-corrected chi connectivity index (χ4v) is 3.12. The number of hydrogen-bond donors (Lipinski definition) is 2. The first kappa shape index (κ1) is 18.8. The van der Waals surface area contributed by atoms with E-state index in [2.05, 4.69) is 5.32 Å². The predicted molar refractivity (Wildman–Crippen MR) is 111 cm³/mol. The van der Waals surface area contributed by atoms with E-state index in [-0.39, 0.29) is 30.2 Å². The van der Waals surface area contributed by atoms with Crippen molar-refractivity contribution < 1.29 is 19.4 Å². The molecular weight excluding hydrogens is 368 g/mol. The van der Waals surface area contributed by atoms with Crippen molar-refractivity contribution in [3.8, 4) is 11.5 Å². The van der Waals surface area contributed by atoms with Crippen LogP contribution in [0.2, 0.25) is 0 Å². The van der Waals surface area contributed by atoms with Gasteiger partial charge >= 0.3 is 0 Å². The highest BCUT2D eigenvalue weighted by Gasteiger charge is 2.24. The number of phenolic OH excluding ortho intramolecular Hbond substituents is 1. The lowest BCUT2D eigenvalue weighted by Crippen LogP contribution is -2.31. The van der Waals surface area contributed by atoms with Crippen LogP contribution >= 0.6 is 0 Å². The number of anilines is 1. The Kier molecular flexibility index (Phi) is 5.08. The molecule has 0 heterocycles. The summed E-state index contributed by atoms with van der Waals surface area (Å²) in [4.78, 5) is 26.7. The molecule has 2 N–H and O–H groups in total. The third kappa shape index (κ3) is 4.32. The summed E-state index contributed by atoms with van der Waals surface area (Å²) >= 11 is 0. The van der Waals surface area contributed by atoms with Crippen LogP contribution in [0.25, 0.3) is 10.8 Å². The van der Waals surface area contributed by atoms with Gasteiger partial charge in [-0.25, -0.2) is 0 Å². The molecule has 6 nitrogen and oxygen atoms in total. The number of carbonyl (C=O) groups excluding carboxylic acids is 2. The molecule has 2 amide bonds. The van der Waals surface area contributed by atoms with Crippen molar-refractivity contribution in [2.45, 2.75) is 18.9 Å². The summed E-state index contributed by atoms with van der Waals surface area (Å²) in [6.45, 7) is -0.141. The van der Waals surface area contributed by atoms with Crippen LogP contribution in [0.1, 0.15) is 23.2 Å². The molecule has 0 spiro atoms. The van der Waals surface area contributed by atoms with Crippen LogP contribution in [0.15, 0.2) is 60.7 Å². The fraction of sp³-hybridized carbons (Fsp3) is 0.217. The van der Waals surface area contributed by atoms with Crippen molar-refractivity contribution in [2.75, 3.05) is 18.6 Å². The monoisotopic (exact) mass is 390 g/mol. The minimum absolute atomic E-state index is 0.131. The number of fused-ring (bicyclic) bond motifs is 1. The van der Waals surface area contributed by atoms with Crippen molar-refractivity contribution in [3.63, 3.8) is 0 Å². The van der Waals surface area contributed by atoms with E-state index in [1.807, 2.05) is 24.3 Å². The van der Waals surface area contributed by atoms with Crippen molar-refractivity contribution in [1.29, 1.82) is 0 Å². The minimum Gasteiger partial charge on any atom is -0.508 e. The van der Waals surface area contributed by atoms with Crippen LogP contribution in [-0.4, -0.2) is 36.6 Å². The Bertz CT molecular complexity index is 1060. The summed E-state index contributed by atoms with van der Waals surface area (Å²) in [5, 5.41) is 14.2. The molecule has 1 fully saturated rings. The van der Waals surface area contributed by atoms with Gasteiger partial charge in [0.1, 0.15) is 11.5 Å². The zero-order valence-corrected chi connectivity index (χ0v) is 16.1. The summed E-state index contributed by atoms with van der Waals surface area (Å²) in [5.41, 5.74) is 1.01. The van der Waals surface area contributed by atoms with E-state index < -0.39 is 0 Å². The van der Waals surface area contributed by atoms with E-state index in [0.29, 0.717) is 17.0 Å². The second kappa shape index (κ2) is 7.83. The highest BCUT2D eigenvalue weighted by atomic mass is 16.5. The van der Waals surface area contributed by atoms with Crippen LogP contribution < -0.4 is 15.0 Å². The number of benzene rings is 3. The normalized spacial score (nSPS) is 13.1. The lowest BCUT2D eigenvalue weighted by Gasteiger charge is -2.20. The molecule has 1 aliphatic rings. The lowest BCUT2D eigenvalue weighted by atomic mass is 10.0. The third-order valence-corrected chi connectivity index (χ3v) is 4.92. The molecule has 0 atom stereocenters. The van der Waals surface area contributed by atoms with Crippen LogP contribution in [-0.2, 0) is 4.79 Å². The minimum atomic E-state index is -0.265. The molecule has 1 aliphatic carbocycles. The van der Waals surface area contributed by atoms with Crippen molar-refractivity contribution in [1.82, 2.24) is 5.32 Å². The molecule has 1 saturated carbocycles. The zero-order valence-electron chi connectivity index (χ0n) is 16.1. The highest BCUT2D eigenvalue weighted by molar-refractivity contribution is 6.10. The molecule has 3 aromatic rings. The maximum Gasteiger partial charge on any atom is 0.261 e. The van der Waals surface area contributed by atoms with Gasteiger partial charge < -0.3 is 20.1 Å². The van der Waals surface area contributed by atoms with E-state index in [1.54, 1.807) is 31.3 Å².